The van der Waals surface area contributed by atoms with Crippen LogP contribution in [0.2, 0.25) is 0 Å². The number of ketones is 1. The minimum Gasteiger partial charge on any atom is -0.478 e. The molecule has 10 rings (SSSR count). The number of nitrogen functional groups attached to an aromatic ring is 1. The lowest BCUT2D eigenvalue weighted by molar-refractivity contribution is -0.146. The second kappa shape index (κ2) is 30.3. The molecule has 2 heterocycles. The van der Waals surface area contributed by atoms with E-state index in [9.17, 15) is 33.6 Å². The molecule has 4 amide bonds. The maximum atomic E-state index is 13.0. The number of anilines is 4. The third-order valence-electron chi connectivity index (χ3n) is 15.3. The fourth-order valence-corrected chi connectivity index (χ4v) is 9.98. The summed E-state index contributed by atoms with van der Waals surface area (Å²) in [4.78, 5) is 91.8. The molecule has 2 saturated heterocycles. The molecule has 0 unspecified atom stereocenters. The zero-order valence-corrected chi connectivity index (χ0v) is 49.1. The number of Topliss-reactive ketones (excluding diaryl/α,β-unsaturated/α-hetero) is 1. The molecule has 446 valence electrons. The molecule has 18 heteroatoms. The summed E-state index contributed by atoms with van der Waals surface area (Å²) in [6, 6.07) is 41.8. The van der Waals surface area contributed by atoms with E-state index < -0.39 is 11.9 Å². The number of methoxy groups -OCH3 is 1. The van der Waals surface area contributed by atoms with Crippen LogP contribution in [0.3, 0.4) is 0 Å². The number of carbonyl (C=O) groups excluding carboxylic acids is 6. The number of hydrogen-bond donors (Lipinski definition) is 5. The summed E-state index contributed by atoms with van der Waals surface area (Å²) in [6.07, 6.45) is 3.70. The lowest BCUT2D eigenvalue weighted by Crippen LogP contribution is -2.49. The van der Waals surface area contributed by atoms with Crippen molar-refractivity contribution >= 4 is 64.1 Å². The van der Waals surface area contributed by atoms with Crippen LogP contribution in [0.15, 0.2) is 133 Å². The summed E-state index contributed by atoms with van der Waals surface area (Å²) in [5.74, 6) is -1.14. The normalized spacial score (nSPS) is 15.2. The molecule has 85 heavy (non-hydrogen) atoms. The molecule has 0 atom stereocenters. The smallest absolute Gasteiger partial charge is 0.335 e. The van der Waals surface area contributed by atoms with Gasteiger partial charge in [0.1, 0.15) is 13.0 Å². The van der Waals surface area contributed by atoms with Crippen molar-refractivity contribution in [2.45, 2.75) is 66.0 Å². The molecule has 6 aromatic carbocycles. The molecule has 6 aromatic rings. The Balaban J connectivity index is 0.000000190. The number of amides is 4. The first kappa shape index (κ1) is 62.5. The number of aromatic carboxylic acids is 1. The van der Waals surface area contributed by atoms with Gasteiger partial charge in [0.15, 0.2) is 5.78 Å². The molecule has 4 fully saturated rings. The molecule has 0 aromatic heterocycles. The number of nitrogens with one attached hydrogen (secondary N) is 3. The molecule has 2 aliphatic carbocycles. The number of carbonyl (C=O) groups is 7. The van der Waals surface area contributed by atoms with Gasteiger partial charge in [-0.3, -0.25) is 43.5 Å². The van der Waals surface area contributed by atoms with E-state index in [1.54, 1.807) is 38.3 Å². The second-order valence-electron chi connectivity index (χ2n) is 22.1. The number of piperazine rings is 2. The van der Waals surface area contributed by atoms with Crippen molar-refractivity contribution in [2.75, 3.05) is 101 Å². The van der Waals surface area contributed by atoms with Crippen molar-refractivity contribution in [1.82, 2.24) is 19.6 Å². The van der Waals surface area contributed by atoms with Gasteiger partial charge in [-0.05, 0) is 164 Å². The van der Waals surface area contributed by atoms with Crippen molar-refractivity contribution in [3.8, 4) is 22.3 Å². The Morgan fingerprint density at radius 3 is 1.46 bits per heavy atom. The van der Waals surface area contributed by atoms with Crippen LogP contribution in [0.25, 0.3) is 22.3 Å². The Hall–Kier alpha value is -8.55. The van der Waals surface area contributed by atoms with E-state index >= 15 is 0 Å². The van der Waals surface area contributed by atoms with Gasteiger partial charge in [0.2, 0.25) is 17.7 Å². The van der Waals surface area contributed by atoms with Gasteiger partial charge >= 0.3 is 11.9 Å². The third kappa shape index (κ3) is 19.2. The van der Waals surface area contributed by atoms with Crippen LogP contribution < -0.4 is 21.7 Å². The molecule has 2 saturated carbocycles. The number of rotatable bonds is 20. The number of hydrogen-bond acceptors (Lipinski definition) is 13. The standard InChI is InChI=1S/C35H40N4O5.C18H17NO3.C14H21N3O2/c1-3-44-33(41)21-31(40)23-39-18-16-38(17-19-39)22-25-5-14-29(15-6-25)36-34(42)27-9-7-26(8-10-27)32-20-30(13-4-24(32)2)37-35(43)28-11-12-28;1-11-2-9-15(19-17(20)13-5-6-13)10-16(11)12-3-7-14(8-4-12)18(21)22;1-19-11-14(18)17-8-6-16(7-9-17)10-12-2-4-13(15)5-3-12/h4-10,13-15,20,28H,3,11-12,16-19,21-23H2,1-2H3,(H,36,42)(H,37,43);2-4,7-10,13H,5-6H2,1H3,(H,19,20)(H,21,22);2-5H,6-11,15H2,1H3. The lowest BCUT2D eigenvalue weighted by Gasteiger charge is -2.34. The van der Waals surface area contributed by atoms with E-state index in [1.807, 2.05) is 116 Å². The Kier molecular flexibility index (Phi) is 22.3. The number of nitrogens with two attached hydrogens (primary N) is 1. The van der Waals surface area contributed by atoms with E-state index in [0.717, 1.165) is 153 Å². The van der Waals surface area contributed by atoms with Crippen molar-refractivity contribution in [3.63, 3.8) is 0 Å². The van der Waals surface area contributed by atoms with Crippen molar-refractivity contribution in [2.24, 2.45) is 11.8 Å². The number of benzene rings is 6. The summed E-state index contributed by atoms with van der Waals surface area (Å²) in [7, 11) is 1.55. The van der Waals surface area contributed by atoms with E-state index in [2.05, 4.69) is 42.8 Å². The molecular weight excluding hydrogens is 1080 g/mol. The van der Waals surface area contributed by atoms with Crippen LogP contribution in [0.5, 0.6) is 0 Å². The third-order valence-corrected chi connectivity index (χ3v) is 15.3. The predicted octanol–water partition coefficient (Wildman–Crippen LogP) is 9.17. The number of nitrogens with zero attached hydrogens (tertiary/aromatic N) is 4. The van der Waals surface area contributed by atoms with E-state index in [4.69, 9.17) is 20.3 Å². The highest BCUT2D eigenvalue weighted by molar-refractivity contribution is 6.04. The topological polar surface area (TPSA) is 233 Å². The zero-order valence-electron chi connectivity index (χ0n) is 49.1. The highest BCUT2D eigenvalue weighted by Crippen LogP contribution is 2.34. The fourth-order valence-electron chi connectivity index (χ4n) is 9.98. The van der Waals surface area contributed by atoms with Crippen molar-refractivity contribution in [3.05, 3.63) is 167 Å². The second-order valence-corrected chi connectivity index (χ2v) is 22.1. The number of ether oxygens (including phenoxy) is 2. The Bertz CT molecular complexity index is 3270. The molecular formula is C67H78N8O10. The number of carboxylic acids is 1. The fraction of sp³-hybridized carbons (Fsp3) is 0.358. The molecule has 4 aliphatic rings. The van der Waals surface area contributed by atoms with Crippen molar-refractivity contribution < 1.29 is 48.1 Å². The summed E-state index contributed by atoms with van der Waals surface area (Å²) in [6.45, 7) is 14.7. The quantitative estimate of drug-likeness (QED) is 0.0273. The molecule has 0 spiro atoms. The largest absolute Gasteiger partial charge is 0.478 e. The number of carboxylic acid groups (broad SMARTS) is 1. The minimum absolute atomic E-state index is 0.0784. The van der Waals surface area contributed by atoms with Crippen LogP contribution in [0.4, 0.5) is 22.7 Å². The Morgan fingerprint density at radius 1 is 0.553 bits per heavy atom. The van der Waals surface area contributed by atoms with Gasteiger partial charge in [-0.15, -0.1) is 0 Å². The maximum Gasteiger partial charge on any atom is 0.335 e. The number of esters is 1. The number of aryl methyl sites for hydroxylation is 2. The van der Waals surface area contributed by atoms with Crippen LogP contribution >= 0.6 is 0 Å². The van der Waals surface area contributed by atoms with Crippen LogP contribution in [-0.2, 0) is 46.5 Å². The van der Waals surface area contributed by atoms with Crippen LogP contribution in [-0.4, -0.2) is 145 Å². The first-order chi connectivity index (χ1) is 41.0. The highest BCUT2D eigenvalue weighted by atomic mass is 16.5. The average molecular weight is 1160 g/mol. The van der Waals surface area contributed by atoms with Gasteiger partial charge in [-0.1, -0.05) is 60.7 Å². The van der Waals surface area contributed by atoms with E-state index in [1.165, 1.54) is 5.56 Å². The average Bonchev–Trinajstić information content (AvgIpc) is 4.52. The zero-order chi connectivity index (χ0) is 60.4. The monoisotopic (exact) mass is 1150 g/mol. The minimum atomic E-state index is -0.936. The maximum absolute atomic E-state index is 13.0. The van der Waals surface area contributed by atoms with Gasteiger partial charge in [0, 0.05) is 113 Å². The summed E-state index contributed by atoms with van der Waals surface area (Å²) in [5.41, 5.74) is 18.1. The van der Waals surface area contributed by atoms with Gasteiger partial charge in [-0.25, -0.2) is 4.79 Å². The first-order valence-corrected chi connectivity index (χ1v) is 29.1. The lowest BCUT2D eigenvalue weighted by atomic mass is 9.98. The Labute approximate surface area is 497 Å². The summed E-state index contributed by atoms with van der Waals surface area (Å²) in [5, 5.41) is 17.9. The molecule has 0 bridgehead atoms. The molecule has 0 radical (unpaired) electrons. The summed E-state index contributed by atoms with van der Waals surface area (Å²) >= 11 is 0. The van der Waals surface area contributed by atoms with Gasteiger partial charge in [0.05, 0.1) is 18.7 Å². The molecule has 6 N–H and O–H groups in total. The van der Waals surface area contributed by atoms with Gasteiger partial charge < -0.3 is 41.2 Å². The molecule has 2 aliphatic heterocycles. The Morgan fingerprint density at radius 2 is 1.00 bits per heavy atom. The molecule has 18 nitrogen and oxygen atoms in total. The van der Waals surface area contributed by atoms with Crippen molar-refractivity contribution in [1.29, 1.82) is 0 Å². The summed E-state index contributed by atoms with van der Waals surface area (Å²) < 4.78 is 9.73. The van der Waals surface area contributed by atoms with Gasteiger partial charge in [-0.2, -0.15) is 0 Å². The van der Waals surface area contributed by atoms with Crippen LogP contribution in [0.1, 0.15) is 82.0 Å². The van der Waals surface area contributed by atoms with Crippen LogP contribution in [0, 0.1) is 25.7 Å². The first-order valence-electron chi connectivity index (χ1n) is 29.1. The van der Waals surface area contributed by atoms with E-state index in [0.29, 0.717) is 5.56 Å². The van der Waals surface area contributed by atoms with E-state index in [-0.39, 0.29) is 73.0 Å². The SMILES string of the molecule is CCOC(=O)CC(=O)CN1CCN(Cc2ccc(NC(=O)c3ccc(-c4cc(NC(=O)C5CC5)ccc4C)cc3)cc2)CC1.COCC(=O)N1CCN(Cc2ccc(N)cc2)CC1.Cc1ccc(NC(=O)C2CC2)cc1-c1ccc(C(=O)O)cc1. The highest BCUT2D eigenvalue weighted by Gasteiger charge is 2.31. The predicted molar refractivity (Wildman–Crippen MR) is 330 cm³/mol. The van der Waals surface area contributed by atoms with Gasteiger partial charge in [0.25, 0.3) is 5.91 Å².